The molecular formula is C23H32BFN2O5. The fourth-order valence-electron chi connectivity index (χ4n) is 4.45. The van der Waals surface area contributed by atoms with Gasteiger partial charge in [0.05, 0.1) is 23.3 Å². The molecule has 0 spiro atoms. The van der Waals surface area contributed by atoms with E-state index < -0.39 is 29.7 Å². The lowest BCUT2D eigenvalue weighted by Gasteiger charge is -2.35. The number of rotatable bonds is 2. The maximum Gasteiger partial charge on any atom is 0.497 e. The van der Waals surface area contributed by atoms with E-state index in [0.29, 0.717) is 19.5 Å². The highest BCUT2D eigenvalue weighted by Gasteiger charge is 2.53. The van der Waals surface area contributed by atoms with Gasteiger partial charge in [0.25, 0.3) is 5.91 Å². The van der Waals surface area contributed by atoms with E-state index in [-0.39, 0.29) is 35.1 Å². The van der Waals surface area contributed by atoms with Crippen LogP contribution in [0, 0.1) is 5.82 Å². The third-order valence-corrected chi connectivity index (χ3v) is 6.88. The maximum absolute atomic E-state index is 15.0. The minimum absolute atomic E-state index is 0.0762. The van der Waals surface area contributed by atoms with Crippen LogP contribution in [0.25, 0.3) is 0 Å². The number of carbonyl (C=O) groups excluding carboxylic acids is 2. The molecule has 3 aliphatic heterocycles. The zero-order valence-electron chi connectivity index (χ0n) is 19.9. The van der Waals surface area contributed by atoms with Crippen LogP contribution in [-0.4, -0.2) is 70.9 Å². The van der Waals surface area contributed by atoms with Gasteiger partial charge in [0.15, 0.2) is 0 Å². The fourth-order valence-corrected chi connectivity index (χ4v) is 4.45. The van der Waals surface area contributed by atoms with E-state index in [4.69, 9.17) is 14.0 Å². The number of ether oxygens (including phenoxy) is 1. The SMILES string of the molecule is CC(C)(C)OC(=O)N1C[C@@H]2C[C@H]1CN2C(=O)c1ccc(B2OC(C)(C)C(C)(C)O2)c(F)c1. The van der Waals surface area contributed by atoms with E-state index in [0.717, 1.165) is 0 Å². The van der Waals surface area contributed by atoms with Gasteiger partial charge in [-0.25, -0.2) is 9.18 Å². The molecule has 1 aromatic carbocycles. The molecule has 4 rings (SSSR count). The van der Waals surface area contributed by atoms with Crippen molar-refractivity contribution in [1.29, 1.82) is 0 Å². The number of benzene rings is 1. The monoisotopic (exact) mass is 446 g/mol. The van der Waals surface area contributed by atoms with E-state index in [1.807, 2.05) is 48.5 Å². The van der Waals surface area contributed by atoms with Crippen LogP contribution in [0.4, 0.5) is 9.18 Å². The molecule has 2 bridgehead atoms. The summed E-state index contributed by atoms with van der Waals surface area (Å²) in [6, 6.07) is 4.26. The van der Waals surface area contributed by atoms with Crippen LogP contribution in [0.5, 0.6) is 0 Å². The highest BCUT2D eigenvalue weighted by Crippen LogP contribution is 2.37. The molecule has 3 aliphatic rings. The molecule has 3 heterocycles. The zero-order chi connectivity index (χ0) is 23.6. The second-order valence-corrected chi connectivity index (χ2v) is 11.0. The number of amides is 2. The summed E-state index contributed by atoms with van der Waals surface area (Å²) in [5, 5.41) is 0. The molecule has 2 atom stereocenters. The van der Waals surface area contributed by atoms with Crippen LogP contribution >= 0.6 is 0 Å². The van der Waals surface area contributed by atoms with Gasteiger partial charge in [-0.15, -0.1) is 0 Å². The number of carbonyl (C=O) groups is 2. The molecule has 0 aromatic heterocycles. The molecule has 0 aliphatic carbocycles. The quantitative estimate of drug-likeness (QED) is 0.654. The van der Waals surface area contributed by atoms with Crippen molar-refractivity contribution in [3.05, 3.63) is 29.6 Å². The Morgan fingerprint density at radius 2 is 1.62 bits per heavy atom. The molecule has 9 heteroatoms. The number of halogens is 1. The lowest BCUT2D eigenvalue weighted by Crippen LogP contribution is -2.51. The van der Waals surface area contributed by atoms with Gasteiger partial charge >= 0.3 is 13.2 Å². The van der Waals surface area contributed by atoms with Crippen molar-refractivity contribution in [2.24, 2.45) is 0 Å². The summed E-state index contributed by atoms with van der Waals surface area (Å²) >= 11 is 0. The Balaban J connectivity index is 1.44. The molecule has 32 heavy (non-hydrogen) atoms. The van der Waals surface area contributed by atoms with E-state index in [9.17, 15) is 14.0 Å². The Labute approximate surface area is 189 Å². The molecule has 0 unspecified atom stereocenters. The third kappa shape index (κ3) is 4.01. The predicted octanol–water partition coefficient (Wildman–Crippen LogP) is 2.96. The van der Waals surface area contributed by atoms with Gasteiger partial charge in [-0.2, -0.15) is 0 Å². The Hall–Kier alpha value is -2.13. The van der Waals surface area contributed by atoms with E-state index in [1.165, 1.54) is 6.07 Å². The van der Waals surface area contributed by atoms with Crippen molar-refractivity contribution < 1.29 is 28.0 Å². The minimum Gasteiger partial charge on any atom is -0.444 e. The number of nitrogens with zero attached hydrogens (tertiary/aromatic N) is 2. The van der Waals surface area contributed by atoms with Gasteiger partial charge in [-0.05, 0) is 67.0 Å². The molecule has 3 fully saturated rings. The first-order valence-electron chi connectivity index (χ1n) is 11.1. The fraction of sp³-hybridized carbons (Fsp3) is 0.652. The standard InChI is InChI=1S/C23H32BFN2O5/c1-21(2,3)30-20(29)27-13-15-11-16(27)12-26(15)19(28)14-8-9-17(18(25)10-14)24-31-22(4,5)23(6,7)32-24/h8-10,15-16H,11-13H2,1-7H3/t15-,16-/m0/s1. The van der Waals surface area contributed by atoms with Crippen LogP contribution in [0.2, 0.25) is 0 Å². The number of hydrogen-bond donors (Lipinski definition) is 0. The third-order valence-electron chi connectivity index (χ3n) is 6.88. The highest BCUT2D eigenvalue weighted by atomic mass is 19.1. The summed E-state index contributed by atoms with van der Waals surface area (Å²) in [5.41, 5.74) is -1.16. The lowest BCUT2D eigenvalue weighted by atomic mass is 9.78. The number of hydrogen-bond acceptors (Lipinski definition) is 5. The van der Waals surface area contributed by atoms with E-state index in [2.05, 4.69) is 0 Å². The van der Waals surface area contributed by atoms with Crippen LogP contribution in [0.15, 0.2) is 18.2 Å². The van der Waals surface area contributed by atoms with Crippen molar-refractivity contribution in [3.63, 3.8) is 0 Å². The van der Waals surface area contributed by atoms with E-state index in [1.54, 1.807) is 21.9 Å². The van der Waals surface area contributed by atoms with Gasteiger partial charge < -0.3 is 23.8 Å². The molecule has 3 saturated heterocycles. The molecular weight excluding hydrogens is 414 g/mol. The molecule has 7 nitrogen and oxygen atoms in total. The van der Waals surface area contributed by atoms with E-state index >= 15 is 0 Å². The van der Waals surface area contributed by atoms with Crippen LogP contribution in [0.1, 0.15) is 65.2 Å². The number of likely N-dealkylation sites (tertiary alicyclic amines) is 2. The highest BCUT2D eigenvalue weighted by molar-refractivity contribution is 6.62. The van der Waals surface area contributed by atoms with Crippen molar-refractivity contribution in [1.82, 2.24) is 9.80 Å². The van der Waals surface area contributed by atoms with Crippen LogP contribution in [0.3, 0.4) is 0 Å². The smallest absolute Gasteiger partial charge is 0.444 e. The first-order valence-corrected chi connectivity index (χ1v) is 11.1. The summed E-state index contributed by atoms with van der Waals surface area (Å²) in [7, 11) is -0.825. The van der Waals surface area contributed by atoms with Crippen molar-refractivity contribution in [2.75, 3.05) is 13.1 Å². The predicted molar refractivity (Wildman–Crippen MR) is 118 cm³/mol. The van der Waals surface area contributed by atoms with Gasteiger partial charge in [-0.1, -0.05) is 6.07 Å². The summed E-state index contributed by atoms with van der Waals surface area (Å²) < 4.78 is 32.3. The maximum atomic E-state index is 15.0. The molecule has 174 valence electrons. The van der Waals surface area contributed by atoms with Gasteiger partial charge in [0, 0.05) is 24.1 Å². The Morgan fingerprint density at radius 3 is 2.12 bits per heavy atom. The van der Waals surface area contributed by atoms with Crippen molar-refractivity contribution in [2.45, 2.75) is 83.8 Å². The summed E-state index contributed by atoms with van der Waals surface area (Å²) in [4.78, 5) is 28.9. The molecule has 2 amide bonds. The van der Waals surface area contributed by atoms with Gasteiger partial charge in [-0.3, -0.25) is 4.79 Å². The second kappa shape index (κ2) is 7.45. The Kier molecular flexibility index (Phi) is 5.37. The second-order valence-electron chi connectivity index (χ2n) is 11.0. The van der Waals surface area contributed by atoms with Crippen molar-refractivity contribution >= 4 is 24.6 Å². The summed E-state index contributed by atoms with van der Waals surface area (Å²) in [5.74, 6) is -0.769. The molecule has 0 radical (unpaired) electrons. The van der Waals surface area contributed by atoms with Crippen molar-refractivity contribution in [3.8, 4) is 0 Å². The molecule has 1 aromatic rings. The number of fused-ring (bicyclic) bond motifs is 2. The largest absolute Gasteiger partial charge is 0.497 e. The summed E-state index contributed by atoms with van der Waals surface area (Å²) in [6.07, 6.45) is 0.356. The molecule has 0 saturated carbocycles. The molecule has 0 N–H and O–H groups in total. The Bertz CT molecular complexity index is 929. The van der Waals surface area contributed by atoms with Gasteiger partial charge in [0.1, 0.15) is 11.4 Å². The Morgan fingerprint density at radius 1 is 1.06 bits per heavy atom. The minimum atomic E-state index is -0.825. The average molecular weight is 446 g/mol. The van der Waals surface area contributed by atoms with Gasteiger partial charge in [0.2, 0.25) is 0 Å². The zero-order valence-corrected chi connectivity index (χ0v) is 19.9. The summed E-state index contributed by atoms with van der Waals surface area (Å²) in [6.45, 7) is 14.0. The van der Waals surface area contributed by atoms with Crippen LogP contribution in [-0.2, 0) is 14.0 Å². The average Bonchev–Trinajstić information content (AvgIpc) is 3.31. The first kappa shape index (κ1) is 23.0. The normalized spacial score (nSPS) is 26.1. The number of piperazine rings is 1. The lowest BCUT2D eigenvalue weighted by molar-refractivity contribution is 0.00578. The first-order chi connectivity index (χ1) is 14.7. The topological polar surface area (TPSA) is 68.3 Å². The van der Waals surface area contributed by atoms with Crippen LogP contribution < -0.4 is 5.46 Å².